The Bertz CT molecular complexity index is 517. The number of rotatable bonds is 2. The van der Waals surface area contributed by atoms with Crippen molar-refractivity contribution in [3.8, 4) is 0 Å². The van der Waals surface area contributed by atoms with Crippen LogP contribution in [0, 0.1) is 0 Å². The molecule has 2 saturated heterocycles. The summed E-state index contributed by atoms with van der Waals surface area (Å²) in [7, 11) is -2.87. The van der Waals surface area contributed by atoms with Crippen LogP contribution in [0.2, 0.25) is 0 Å². The molecule has 0 amide bonds. The van der Waals surface area contributed by atoms with Crippen LogP contribution in [0.4, 0.5) is 0 Å². The molecule has 6 heteroatoms. The maximum atomic E-state index is 11.7. The van der Waals surface area contributed by atoms with Crippen LogP contribution in [0.3, 0.4) is 0 Å². The summed E-state index contributed by atoms with van der Waals surface area (Å²) in [6.07, 6.45) is 3.56. The van der Waals surface area contributed by atoms with Gasteiger partial charge in [-0.1, -0.05) is 0 Å². The summed E-state index contributed by atoms with van der Waals surface area (Å²) in [5.74, 6) is 0.570. The third kappa shape index (κ3) is 2.41. The first kappa shape index (κ1) is 12.1. The fourth-order valence-corrected chi connectivity index (χ4v) is 4.85. The summed E-state index contributed by atoms with van der Waals surface area (Å²) in [6, 6.07) is 4.20. The maximum absolute atomic E-state index is 11.7. The molecule has 0 saturated carbocycles. The van der Waals surface area contributed by atoms with Crippen molar-refractivity contribution in [2.24, 2.45) is 0 Å². The first-order valence-electron chi connectivity index (χ1n) is 6.21. The van der Waals surface area contributed by atoms with Crippen LogP contribution in [-0.4, -0.2) is 55.0 Å². The third-order valence-corrected chi connectivity index (χ3v) is 5.45. The summed E-state index contributed by atoms with van der Waals surface area (Å²) in [5, 5.41) is 3.32. The molecule has 0 spiro atoms. The summed E-state index contributed by atoms with van der Waals surface area (Å²) in [6.45, 7) is 2.57. The number of fused-ring (bicyclic) bond motifs is 1. The maximum Gasteiger partial charge on any atom is 0.153 e. The highest BCUT2D eigenvalue weighted by Gasteiger charge is 2.42. The van der Waals surface area contributed by atoms with Crippen LogP contribution in [0.5, 0.6) is 0 Å². The van der Waals surface area contributed by atoms with E-state index in [-0.39, 0.29) is 23.6 Å². The molecule has 2 aliphatic rings. The minimum Gasteiger partial charge on any atom is -0.310 e. The van der Waals surface area contributed by atoms with Gasteiger partial charge in [0, 0.05) is 44.1 Å². The summed E-state index contributed by atoms with van der Waals surface area (Å²) < 4.78 is 23.4. The first-order valence-corrected chi connectivity index (χ1v) is 8.03. The van der Waals surface area contributed by atoms with Crippen molar-refractivity contribution in [2.75, 3.05) is 24.6 Å². The Morgan fingerprint density at radius 3 is 2.89 bits per heavy atom. The van der Waals surface area contributed by atoms with Gasteiger partial charge in [0.05, 0.1) is 11.5 Å². The molecule has 5 nitrogen and oxygen atoms in total. The van der Waals surface area contributed by atoms with E-state index in [4.69, 9.17) is 0 Å². The number of nitrogens with zero attached hydrogens (tertiary/aromatic N) is 2. The highest BCUT2D eigenvalue weighted by atomic mass is 32.2. The number of sulfone groups is 1. The largest absolute Gasteiger partial charge is 0.310 e. The summed E-state index contributed by atoms with van der Waals surface area (Å²) in [5.41, 5.74) is 1.19. The van der Waals surface area contributed by atoms with Crippen molar-refractivity contribution in [1.82, 2.24) is 15.2 Å². The second kappa shape index (κ2) is 4.60. The topological polar surface area (TPSA) is 62.3 Å². The molecular formula is C12H17N3O2S. The Morgan fingerprint density at radius 1 is 1.33 bits per heavy atom. The monoisotopic (exact) mass is 267 g/mol. The van der Waals surface area contributed by atoms with Crippen LogP contribution in [-0.2, 0) is 16.4 Å². The molecule has 2 fully saturated rings. The van der Waals surface area contributed by atoms with Crippen LogP contribution in [0.1, 0.15) is 5.56 Å². The fraction of sp³-hybridized carbons (Fsp3) is 0.583. The molecule has 3 heterocycles. The zero-order valence-corrected chi connectivity index (χ0v) is 10.9. The van der Waals surface area contributed by atoms with Gasteiger partial charge in [0.1, 0.15) is 0 Å². The molecule has 1 aromatic heterocycles. The molecule has 3 rings (SSSR count). The molecule has 18 heavy (non-hydrogen) atoms. The molecule has 0 unspecified atom stereocenters. The van der Waals surface area contributed by atoms with Crippen molar-refractivity contribution >= 4 is 9.84 Å². The zero-order chi connectivity index (χ0) is 12.6. The van der Waals surface area contributed by atoms with Gasteiger partial charge in [0.25, 0.3) is 0 Å². The van der Waals surface area contributed by atoms with E-state index in [1.165, 1.54) is 5.56 Å². The predicted octanol–water partition coefficient (Wildman–Crippen LogP) is -0.348. The molecule has 2 atom stereocenters. The van der Waals surface area contributed by atoms with Crippen LogP contribution in [0.25, 0.3) is 0 Å². The molecule has 0 aliphatic carbocycles. The van der Waals surface area contributed by atoms with Gasteiger partial charge < -0.3 is 5.32 Å². The molecule has 0 bridgehead atoms. The number of hydrogen-bond acceptors (Lipinski definition) is 5. The minimum absolute atomic E-state index is 0.102. The van der Waals surface area contributed by atoms with Crippen molar-refractivity contribution in [3.05, 3.63) is 30.1 Å². The molecule has 98 valence electrons. The number of hydrogen-bond donors (Lipinski definition) is 1. The van der Waals surface area contributed by atoms with Crippen molar-refractivity contribution in [2.45, 2.75) is 18.6 Å². The Kier molecular flexibility index (Phi) is 3.09. The standard InChI is InChI=1S/C12H17N3O2S/c16-18(17)8-11-12(9-18)15(6-5-14-11)7-10-1-3-13-4-2-10/h1-4,11-12,14H,5-9H2/t11-,12+/m1/s1. The second-order valence-corrected chi connectivity index (χ2v) is 7.18. The van der Waals surface area contributed by atoms with E-state index < -0.39 is 9.84 Å². The Labute approximate surface area is 107 Å². The van der Waals surface area contributed by atoms with E-state index in [1.54, 1.807) is 12.4 Å². The average molecular weight is 267 g/mol. The van der Waals surface area contributed by atoms with Crippen LogP contribution >= 0.6 is 0 Å². The number of piperazine rings is 1. The Balaban J connectivity index is 1.76. The van der Waals surface area contributed by atoms with Crippen LogP contribution in [0.15, 0.2) is 24.5 Å². The molecule has 2 aliphatic heterocycles. The average Bonchev–Trinajstić information content (AvgIpc) is 2.66. The SMILES string of the molecule is O=S1(=O)C[C@H]2NCCN(Cc3ccncc3)[C@H]2C1. The van der Waals surface area contributed by atoms with E-state index in [2.05, 4.69) is 15.2 Å². The second-order valence-electron chi connectivity index (χ2n) is 5.03. The molecular weight excluding hydrogens is 250 g/mol. The highest BCUT2D eigenvalue weighted by Crippen LogP contribution is 2.22. The van der Waals surface area contributed by atoms with Crippen molar-refractivity contribution in [3.63, 3.8) is 0 Å². The number of aromatic nitrogens is 1. The van der Waals surface area contributed by atoms with Gasteiger partial charge in [0.2, 0.25) is 0 Å². The first-order chi connectivity index (χ1) is 8.64. The normalized spacial score (nSPS) is 31.1. The van der Waals surface area contributed by atoms with E-state index in [0.717, 1.165) is 19.6 Å². The lowest BCUT2D eigenvalue weighted by Crippen LogP contribution is -2.56. The van der Waals surface area contributed by atoms with Gasteiger partial charge in [0.15, 0.2) is 9.84 Å². The lowest BCUT2D eigenvalue weighted by molar-refractivity contribution is 0.141. The van der Waals surface area contributed by atoms with E-state index >= 15 is 0 Å². The van der Waals surface area contributed by atoms with Crippen molar-refractivity contribution in [1.29, 1.82) is 0 Å². The molecule has 0 radical (unpaired) electrons. The summed E-state index contributed by atoms with van der Waals surface area (Å²) >= 11 is 0. The third-order valence-electron chi connectivity index (χ3n) is 3.73. The van der Waals surface area contributed by atoms with Gasteiger partial charge in [-0.15, -0.1) is 0 Å². The molecule has 1 aromatic rings. The molecule has 0 aromatic carbocycles. The highest BCUT2D eigenvalue weighted by molar-refractivity contribution is 7.91. The Morgan fingerprint density at radius 2 is 2.11 bits per heavy atom. The van der Waals surface area contributed by atoms with Gasteiger partial charge in [-0.05, 0) is 17.7 Å². The smallest absolute Gasteiger partial charge is 0.153 e. The number of pyridine rings is 1. The lowest BCUT2D eigenvalue weighted by atomic mass is 10.1. The lowest BCUT2D eigenvalue weighted by Gasteiger charge is -2.37. The predicted molar refractivity (Wildman–Crippen MR) is 68.9 cm³/mol. The Hall–Kier alpha value is -0.980. The van der Waals surface area contributed by atoms with E-state index in [9.17, 15) is 8.42 Å². The van der Waals surface area contributed by atoms with E-state index in [1.807, 2.05) is 12.1 Å². The van der Waals surface area contributed by atoms with E-state index in [0.29, 0.717) is 0 Å². The minimum atomic E-state index is -2.87. The van der Waals surface area contributed by atoms with Gasteiger partial charge in [-0.3, -0.25) is 9.88 Å². The van der Waals surface area contributed by atoms with Crippen molar-refractivity contribution < 1.29 is 8.42 Å². The zero-order valence-electron chi connectivity index (χ0n) is 10.1. The van der Waals surface area contributed by atoms with Crippen LogP contribution < -0.4 is 5.32 Å². The summed E-state index contributed by atoms with van der Waals surface area (Å²) in [4.78, 5) is 6.28. The molecule has 1 N–H and O–H groups in total. The fourth-order valence-electron chi connectivity index (χ4n) is 2.86. The quantitative estimate of drug-likeness (QED) is 0.794. The van der Waals surface area contributed by atoms with Gasteiger partial charge >= 0.3 is 0 Å². The van der Waals surface area contributed by atoms with Gasteiger partial charge in [-0.25, -0.2) is 8.42 Å². The van der Waals surface area contributed by atoms with Gasteiger partial charge in [-0.2, -0.15) is 0 Å². The number of nitrogens with one attached hydrogen (secondary N) is 1.